The van der Waals surface area contributed by atoms with E-state index in [1.165, 1.54) is 16.1 Å². The average Bonchev–Trinajstić information content (AvgIpc) is 3.02. The van der Waals surface area contributed by atoms with Crippen LogP contribution >= 0.6 is 11.3 Å². The van der Waals surface area contributed by atoms with Gasteiger partial charge in [-0.3, -0.25) is 0 Å². The van der Waals surface area contributed by atoms with E-state index in [1.807, 2.05) is 30.4 Å². The number of urea groups is 1. The molecule has 1 aromatic heterocycles. The first-order chi connectivity index (χ1) is 11.5. The summed E-state index contributed by atoms with van der Waals surface area (Å²) >= 11 is 1.86. The van der Waals surface area contributed by atoms with E-state index in [2.05, 4.69) is 53.0 Å². The van der Waals surface area contributed by atoms with Crippen molar-refractivity contribution in [1.29, 1.82) is 0 Å². The maximum Gasteiger partial charge on any atom is 0.319 e. The Hall–Kier alpha value is -2.01. The molecule has 0 spiro atoms. The average molecular weight is 343 g/mol. The van der Waals surface area contributed by atoms with Crippen molar-refractivity contribution >= 4 is 28.7 Å². The van der Waals surface area contributed by atoms with Gasteiger partial charge in [-0.2, -0.15) is 0 Å². The predicted octanol–water partition coefficient (Wildman–Crippen LogP) is 4.48. The van der Waals surface area contributed by atoms with Gasteiger partial charge < -0.3 is 15.5 Å². The smallest absolute Gasteiger partial charge is 0.319 e. The Morgan fingerprint density at radius 3 is 2.62 bits per heavy atom. The zero-order valence-electron chi connectivity index (χ0n) is 14.5. The number of hydrogen-bond donors (Lipinski definition) is 2. The van der Waals surface area contributed by atoms with Gasteiger partial charge in [0.05, 0.1) is 0 Å². The number of fused-ring (bicyclic) bond motifs is 1. The molecular weight excluding hydrogens is 318 g/mol. The molecule has 3 rings (SSSR count). The zero-order valence-corrected chi connectivity index (χ0v) is 15.3. The minimum Gasteiger partial charge on any atom is -0.367 e. The maximum atomic E-state index is 12.0. The molecule has 1 aliphatic heterocycles. The molecule has 1 atom stereocenters. The Balaban J connectivity index is 1.59. The van der Waals surface area contributed by atoms with Crippen molar-refractivity contribution in [2.45, 2.75) is 39.8 Å². The maximum absolute atomic E-state index is 12.0. The standard InChI is InChI=1S/C19H25N3OS/c1-13(2)14(3)20-19(23)21-16-4-6-17(7-5-16)22-10-8-18-15(12-22)9-11-24-18/h4-7,9,11,13-14H,8,10,12H2,1-3H3,(H2,20,21,23)/t14-/m0/s1. The summed E-state index contributed by atoms with van der Waals surface area (Å²) in [7, 11) is 0. The largest absolute Gasteiger partial charge is 0.367 e. The highest BCUT2D eigenvalue weighted by Crippen LogP contribution is 2.28. The van der Waals surface area contributed by atoms with Crippen molar-refractivity contribution in [3.05, 3.63) is 46.2 Å². The molecule has 0 fully saturated rings. The van der Waals surface area contributed by atoms with Crippen molar-refractivity contribution in [3.8, 4) is 0 Å². The van der Waals surface area contributed by atoms with Crippen LogP contribution in [0.4, 0.5) is 16.2 Å². The molecule has 2 heterocycles. The molecular formula is C19H25N3OS. The molecule has 0 radical (unpaired) electrons. The van der Waals surface area contributed by atoms with Crippen LogP contribution in [-0.4, -0.2) is 18.6 Å². The van der Waals surface area contributed by atoms with E-state index < -0.39 is 0 Å². The van der Waals surface area contributed by atoms with E-state index in [0.29, 0.717) is 5.92 Å². The molecule has 4 nitrogen and oxygen atoms in total. The number of carbonyl (C=O) groups excluding carboxylic acids is 1. The van der Waals surface area contributed by atoms with Gasteiger partial charge in [0.15, 0.2) is 0 Å². The zero-order chi connectivity index (χ0) is 17.1. The molecule has 0 bridgehead atoms. The number of amides is 2. The molecule has 2 aromatic rings. The fourth-order valence-corrected chi connectivity index (χ4v) is 3.65. The fourth-order valence-electron chi connectivity index (χ4n) is 2.77. The van der Waals surface area contributed by atoms with Crippen LogP contribution in [0, 0.1) is 5.92 Å². The number of thiophene rings is 1. The molecule has 128 valence electrons. The van der Waals surface area contributed by atoms with Crippen molar-refractivity contribution in [2.75, 3.05) is 16.8 Å². The number of nitrogens with zero attached hydrogens (tertiary/aromatic N) is 1. The van der Waals surface area contributed by atoms with Crippen LogP contribution in [0.1, 0.15) is 31.2 Å². The lowest BCUT2D eigenvalue weighted by molar-refractivity contribution is 0.246. The lowest BCUT2D eigenvalue weighted by Gasteiger charge is -2.29. The number of benzene rings is 1. The molecule has 0 unspecified atom stereocenters. The number of nitrogens with one attached hydrogen (secondary N) is 2. The molecule has 1 aliphatic rings. The van der Waals surface area contributed by atoms with Gasteiger partial charge in [0.1, 0.15) is 0 Å². The van der Waals surface area contributed by atoms with E-state index in [4.69, 9.17) is 0 Å². The molecule has 1 aromatic carbocycles. The third-order valence-electron chi connectivity index (χ3n) is 4.66. The van der Waals surface area contributed by atoms with Gasteiger partial charge in [0, 0.05) is 35.4 Å². The second kappa shape index (κ2) is 7.26. The molecule has 2 amide bonds. The van der Waals surface area contributed by atoms with Gasteiger partial charge in [-0.1, -0.05) is 13.8 Å². The SMILES string of the molecule is CC(C)[C@H](C)NC(=O)Nc1ccc(N2CCc3sccc3C2)cc1. The first kappa shape index (κ1) is 16.8. The second-order valence-corrected chi connectivity index (χ2v) is 7.72. The lowest BCUT2D eigenvalue weighted by Crippen LogP contribution is -2.39. The van der Waals surface area contributed by atoms with Crippen molar-refractivity contribution in [3.63, 3.8) is 0 Å². The Labute approximate surface area is 147 Å². The van der Waals surface area contributed by atoms with Crippen LogP contribution in [0.5, 0.6) is 0 Å². The fraction of sp³-hybridized carbons (Fsp3) is 0.421. The van der Waals surface area contributed by atoms with Gasteiger partial charge in [0.2, 0.25) is 0 Å². The van der Waals surface area contributed by atoms with Crippen LogP contribution < -0.4 is 15.5 Å². The van der Waals surface area contributed by atoms with Crippen LogP contribution in [-0.2, 0) is 13.0 Å². The van der Waals surface area contributed by atoms with Crippen molar-refractivity contribution in [1.82, 2.24) is 5.32 Å². The van der Waals surface area contributed by atoms with Gasteiger partial charge in [-0.15, -0.1) is 11.3 Å². The molecule has 0 aliphatic carbocycles. The summed E-state index contributed by atoms with van der Waals surface area (Å²) in [5.74, 6) is 0.416. The normalized spacial score (nSPS) is 15.1. The summed E-state index contributed by atoms with van der Waals surface area (Å²) in [4.78, 5) is 15.9. The Morgan fingerprint density at radius 2 is 1.92 bits per heavy atom. The summed E-state index contributed by atoms with van der Waals surface area (Å²) < 4.78 is 0. The third kappa shape index (κ3) is 3.90. The molecule has 24 heavy (non-hydrogen) atoms. The van der Waals surface area contributed by atoms with E-state index in [0.717, 1.165) is 25.2 Å². The van der Waals surface area contributed by atoms with Crippen LogP contribution in [0.2, 0.25) is 0 Å². The number of carbonyl (C=O) groups is 1. The molecule has 0 saturated carbocycles. The first-order valence-corrected chi connectivity index (χ1v) is 9.38. The van der Waals surface area contributed by atoms with Gasteiger partial charge >= 0.3 is 6.03 Å². The van der Waals surface area contributed by atoms with Gasteiger partial charge in [0.25, 0.3) is 0 Å². The molecule has 0 saturated heterocycles. The molecule has 5 heteroatoms. The summed E-state index contributed by atoms with van der Waals surface area (Å²) in [6, 6.07) is 10.3. The summed E-state index contributed by atoms with van der Waals surface area (Å²) in [6.45, 7) is 8.22. The molecule has 2 N–H and O–H groups in total. The minimum absolute atomic E-state index is 0.148. The number of hydrogen-bond acceptors (Lipinski definition) is 3. The van der Waals surface area contributed by atoms with E-state index in [9.17, 15) is 4.79 Å². The van der Waals surface area contributed by atoms with E-state index in [1.54, 1.807) is 0 Å². The quantitative estimate of drug-likeness (QED) is 0.860. The topological polar surface area (TPSA) is 44.4 Å². The van der Waals surface area contributed by atoms with E-state index >= 15 is 0 Å². The minimum atomic E-state index is -0.148. The second-order valence-electron chi connectivity index (χ2n) is 6.72. The third-order valence-corrected chi connectivity index (χ3v) is 5.68. The van der Waals surface area contributed by atoms with Crippen LogP contribution in [0.25, 0.3) is 0 Å². The van der Waals surface area contributed by atoms with Crippen LogP contribution in [0.3, 0.4) is 0 Å². The highest BCUT2D eigenvalue weighted by molar-refractivity contribution is 7.10. The lowest BCUT2D eigenvalue weighted by atomic mass is 10.1. The van der Waals surface area contributed by atoms with Crippen molar-refractivity contribution < 1.29 is 4.79 Å². The Kier molecular flexibility index (Phi) is 5.09. The highest BCUT2D eigenvalue weighted by atomic mass is 32.1. The number of anilines is 2. The summed E-state index contributed by atoms with van der Waals surface area (Å²) in [5.41, 5.74) is 3.46. The van der Waals surface area contributed by atoms with Gasteiger partial charge in [-0.25, -0.2) is 4.79 Å². The van der Waals surface area contributed by atoms with E-state index in [-0.39, 0.29) is 12.1 Å². The van der Waals surface area contributed by atoms with Crippen LogP contribution in [0.15, 0.2) is 35.7 Å². The highest BCUT2D eigenvalue weighted by Gasteiger charge is 2.17. The summed E-state index contributed by atoms with van der Waals surface area (Å²) in [5, 5.41) is 8.04. The van der Waals surface area contributed by atoms with Gasteiger partial charge in [-0.05, 0) is 60.5 Å². The Bertz CT molecular complexity index is 693. The van der Waals surface area contributed by atoms with Crippen molar-refractivity contribution in [2.24, 2.45) is 5.92 Å². The first-order valence-electron chi connectivity index (χ1n) is 8.50. The Morgan fingerprint density at radius 1 is 1.17 bits per heavy atom. The number of rotatable bonds is 4. The predicted molar refractivity (Wildman–Crippen MR) is 102 cm³/mol. The monoisotopic (exact) mass is 343 g/mol. The summed E-state index contributed by atoms with van der Waals surface area (Å²) in [6.07, 6.45) is 1.11.